The molecular formula is C16H22ClNO3. The molecule has 0 radical (unpaired) electrons. The number of halogens is 1. The van der Waals surface area contributed by atoms with Crippen molar-refractivity contribution in [3.05, 3.63) is 28.8 Å². The lowest BCUT2D eigenvalue weighted by atomic mass is 10.0. The van der Waals surface area contributed by atoms with Crippen LogP contribution in [0.25, 0.3) is 0 Å². The molecule has 1 aromatic carbocycles. The monoisotopic (exact) mass is 311 g/mol. The van der Waals surface area contributed by atoms with Crippen molar-refractivity contribution in [2.75, 3.05) is 26.2 Å². The number of hydrogen-bond donors (Lipinski definition) is 1. The van der Waals surface area contributed by atoms with Gasteiger partial charge in [-0.05, 0) is 31.5 Å². The van der Waals surface area contributed by atoms with E-state index < -0.39 is 6.10 Å². The van der Waals surface area contributed by atoms with Crippen LogP contribution in [0.2, 0.25) is 5.02 Å². The number of aliphatic hydroxyl groups is 1. The molecule has 0 aromatic heterocycles. The van der Waals surface area contributed by atoms with Crippen LogP contribution >= 0.6 is 11.6 Å². The quantitative estimate of drug-likeness (QED) is 0.877. The van der Waals surface area contributed by atoms with Gasteiger partial charge in [-0.15, -0.1) is 0 Å². The van der Waals surface area contributed by atoms with Crippen molar-refractivity contribution in [1.82, 2.24) is 4.90 Å². The molecule has 1 aromatic rings. The van der Waals surface area contributed by atoms with E-state index >= 15 is 0 Å². The first-order chi connectivity index (χ1) is 10.1. The number of aliphatic hydroxyl groups excluding tert-OH is 1. The van der Waals surface area contributed by atoms with Crippen molar-refractivity contribution in [2.24, 2.45) is 0 Å². The third-order valence-corrected chi connectivity index (χ3v) is 4.00. The minimum Gasteiger partial charge on any atom is -0.493 e. The molecule has 5 heteroatoms. The summed E-state index contributed by atoms with van der Waals surface area (Å²) in [6.07, 6.45) is 1.24. The molecule has 21 heavy (non-hydrogen) atoms. The van der Waals surface area contributed by atoms with Crippen molar-refractivity contribution in [3.8, 4) is 5.75 Å². The number of carbonyl (C=O) groups excluding carboxylic acids is 1. The van der Waals surface area contributed by atoms with Gasteiger partial charge in [0, 0.05) is 43.1 Å². The van der Waals surface area contributed by atoms with Gasteiger partial charge in [0.1, 0.15) is 11.5 Å². The van der Waals surface area contributed by atoms with Crippen molar-refractivity contribution < 1.29 is 14.6 Å². The van der Waals surface area contributed by atoms with Gasteiger partial charge in [-0.2, -0.15) is 0 Å². The number of carbonyl (C=O) groups is 1. The lowest BCUT2D eigenvalue weighted by Gasteiger charge is -2.27. The molecule has 1 saturated heterocycles. The van der Waals surface area contributed by atoms with E-state index in [1.165, 1.54) is 0 Å². The second-order valence-corrected chi connectivity index (χ2v) is 5.74. The molecule has 0 saturated carbocycles. The minimum absolute atomic E-state index is 0.334. The zero-order chi connectivity index (χ0) is 15.2. The van der Waals surface area contributed by atoms with E-state index in [1.807, 2.05) is 6.92 Å². The largest absolute Gasteiger partial charge is 0.493 e. The summed E-state index contributed by atoms with van der Waals surface area (Å²) >= 11 is 6.01. The second-order valence-electron chi connectivity index (χ2n) is 5.30. The Morgan fingerprint density at radius 3 is 2.76 bits per heavy atom. The molecule has 1 aliphatic rings. The highest BCUT2D eigenvalue weighted by atomic mass is 35.5. The maximum Gasteiger partial charge on any atom is 0.135 e. The van der Waals surface area contributed by atoms with Crippen LogP contribution in [0.4, 0.5) is 0 Å². The molecule has 0 bridgehead atoms. The van der Waals surface area contributed by atoms with Gasteiger partial charge in [0.05, 0.1) is 12.7 Å². The van der Waals surface area contributed by atoms with E-state index in [-0.39, 0.29) is 0 Å². The Labute approximate surface area is 130 Å². The molecule has 1 fully saturated rings. The van der Waals surface area contributed by atoms with Crippen LogP contribution in [-0.2, 0) is 4.79 Å². The number of rotatable bonds is 6. The minimum atomic E-state index is -0.608. The van der Waals surface area contributed by atoms with Gasteiger partial charge in [-0.3, -0.25) is 4.79 Å². The summed E-state index contributed by atoms with van der Waals surface area (Å²) in [6.45, 7) is 4.82. The zero-order valence-corrected chi connectivity index (χ0v) is 13.1. The van der Waals surface area contributed by atoms with Crippen LogP contribution in [0.5, 0.6) is 5.75 Å². The number of piperidine rings is 1. The van der Waals surface area contributed by atoms with Crippen LogP contribution in [0.15, 0.2) is 18.2 Å². The van der Waals surface area contributed by atoms with E-state index in [1.54, 1.807) is 18.2 Å². The lowest BCUT2D eigenvalue weighted by molar-refractivity contribution is -0.121. The molecular weight excluding hydrogens is 290 g/mol. The Bertz CT molecular complexity index is 482. The molecule has 1 aliphatic heterocycles. The van der Waals surface area contributed by atoms with Crippen LogP contribution in [0, 0.1) is 0 Å². The third kappa shape index (κ3) is 4.70. The topological polar surface area (TPSA) is 49.8 Å². The first-order valence-corrected chi connectivity index (χ1v) is 7.82. The SMILES string of the molecule is CCOc1ccc(Cl)cc1C(O)CCN1CCC(=O)CC1. The van der Waals surface area contributed by atoms with Crippen LogP contribution in [0.1, 0.15) is 37.9 Å². The predicted octanol–water partition coefficient (Wildman–Crippen LogP) is 2.83. The highest BCUT2D eigenvalue weighted by Crippen LogP contribution is 2.30. The summed E-state index contributed by atoms with van der Waals surface area (Å²) in [5.41, 5.74) is 0.734. The fraction of sp³-hybridized carbons (Fsp3) is 0.562. The molecule has 0 amide bonds. The number of hydrogen-bond acceptors (Lipinski definition) is 4. The maximum absolute atomic E-state index is 11.2. The van der Waals surface area contributed by atoms with E-state index in [4.69, 9.17) is 16.3 Å². The number of ketones is 1. The normalized spacial score (nSPS) is 17.8. The van der Waals surface area contributed by atoms with Gasteiger partial charge in [0.15, 0.2) is 0 Å². The smallest absolute Gasteiger partial charge is 0.135 e. The average Bonchev–Trinajstić information content (AvgIpc) is 2.48. The van der Waals surface area contributed by atoms with Gasteiger partial charge in [0.2, 0.25) is 0 Å². The van der Waals surface area contributed by atoms with E-state index in [0.717, 1.165) is 25.2 Å². The van der Waals surface area contributed by atoms with Gasteiger partial charge in [-0.25, -0.2) is 0 Å². The number of ether oxygens (including phenoxy) is 1. The summed E-state index contributed by atoms with van der Waals surface area (Å²) in [5.74, 6) is 1.02. The Morgan fingerprint density at radius 1 is 1.38 bits per heavy atom. The van der Waals surface area contributed by atoms with Gasteiger partial charge >= 0.3 is 0 Å². The van der Waals surface area contributed by atoms with Gasteiger partial charge in [0.25, 0.3) is 0 Å². The molecule has 1 heterocycles. The Hall–Kier alpha value is -1.10. The fourth-order valence-corrected chi connectivity index (χ4v) is 2.73. The Kier molecular flexibility index (Phi) is 6.03. The maximum atomic E-state index is 11.2. The van der Waals surface area contributed by atoms with Crippen molar-refractivity contribution in [2.45, 2.75) is 32.3 Å². The first kappa shape index (κ1) is 16.3. The van der Waals surface area contributed by atoms with Crippen molar-refractivity contribution >= 4 is 17.4 Å². The molecule has 1 unspecified atom stereocenters. The van der Waals surface area contributed by atoms with Crippen molar-refractivity contribution in [1.29, 1.82) is 0 Å². The zero-order valence-electron chi connectivity index (χ0n) is 12.3. The fourth-order valence-electron chi connectivity index (χ4n) is 2.55. The number of benzene rings is 1. The summed E-state index contributed by atoms with van der Waals surface area (Å²) in [7, 11) is 0. The first-order valence-electron chi connectivity index (χ1n) is 7.44. The van der Waals surface area contributed by atoms with Crippen LogP contribution < -0.4 is 4.74 Å². The second kappa shape index (κ2) is 7.78. The number of nitrogens with zero attached hydrogens (tertiary/aromatic N) is 1. The molecule has 0 aliphatic carbocycles. The highest BCUT2D eigenvalue weighted by molar-refractivity contribution is 6.30. The van der Waals surface area contributed by atoms with Gasteiger partial charge < -0.3 is 14.7 Å². The molecule has 2 rings (SSSR count). The van der Waals surface area contributed by atoms with Crippen LogP contribution in [0.3, 0.4) is 0 Å². The van der Waals surface area contributed by atoms with E-state index in [9.17, 15) is 9.90 Å². The molecule has 0 spiro atoms. The molecule has 1 atom stereocenters. The van der Waals surface area contributed by atoms with Crippen molar-refractivity contribution in [3.63, 3.8) is 0 Å². The molecule has 116 valence electrons. The van der Waals surface area contributed by atoms with Gasteiger partial charge in [-0.1, -0.05) is 11.6 Å². The number of Topliss-reactive ketones (excluding diaryl/α,β-unsaturated/α-hetero) is 1. The summed E-state index contributed by atoms with van der Waals surface area (Å²) in [5, 5.41) is 11.0. The van der Waals surface area contributed by atoms with Crippen LogP contribution in [-0.4, -0.2) is 42.0 Å². The third-order valence-electron chi connectivity index (χ3n) is 3.76. The summed E-state index contributed by atoms with van der Waals surface area (Å²) in [4.78, 5) is 13.4. The summed E-state index contributed by atoms with van der Waals surface area (Å²) < 4.78 is 5.54. The summed E-state index contributed by atoms with van der Waals surface area (Å²) in [6, 6.07) is 5.32. The average molecular weight is 312 g/mol. The molecule has 1 N–H and O–H groups in total. The number of likely N-dealkylation sites (tertiary alicyclic amines) is 1. The van der Waals surface area contributed by atoms with E-state index in [0.29, 0.717) is 42.4 Å². The highest BCUT2D eigenvalue weighted by Gasteiger charge is 2.19. The molecule has 4 nitrogen and oxygen atoms in total. The Balaban J connectivity index is 1.94. The predicted molar refractivity (Wildman–Crippen MR) is 82.9 cm³/mol. The Morgan fingerprint density at radius 2 is 2.10 bits per heavy atom. The lowest BCUT2D eigenvalue weighted by Crippen LogP contribution is -2.35. The standard InChI is InChI=1S/C16H22ClNO3/c1-2-21-16-4-3-12(17)11-14(16)15(20)7-10-18-8-5-13(19)6-9-18/h3-4,11,15,20H,2,5-10H2,1H3. The van der Waals surface area contributed by atoms with E-state index in [2.05, 4.69) is 4.90 Å².